The molecular formula is C20H12F6. The van der Waals surface area contributed by atoms with E-state index in [0.29, 0.717) is 17.7 Å². The molecule has 0 saturated heterocycles. The largest absolute Gasteiger partial charge is 0.417 e. The molecule has 3 rings (SSSR count). The van der Waals surface area contributed by atoms with Crippen LogP contribution in [0, 0.1) is 0 Å². The average Bonchev–Trinajstić information content (AvgIpc) is 2.60. The van der Waals surface area contributed by atoms with E-state index in [1.807, 2.05) is 6.07 Å². The highest BCUT2D eigenvalue weighted by molar-refractivity contribution is 5.75. The number of halogens is 6. The molecule has 0 spiro atoms. The van der Waals surface area contributed by atoms with Gasteiger partial charge in [0, 0.05) is 5.56 Å². The van der Waals surface area contributed by atoms with Gasteiger partial charge in [-0.05, 0) is 28.8 Å². The van der Waals surface area contributed by atoms with E-state index in [0.717, 1.165) is 11.6 Å². The third kappa shape index (κ3) is 3.59. The third-order valence-electron chi connectivity index (χ3n) is 3.96. The molecule has 3 aromatic rings. The number of hydrogen-bond acceptors (Lipinski definition) is 0. The smallest absolute Gasteiger partial charge is 0.166 e. The van der Waals surface area contributed by atoms with Crippen LogP contribution >= 0.6 is 0 Å². The van der Waals surface area contributed by atoms with Gasteiger partial charge in [-0.15, -0.1) is 0 Å². The molecule has 134 valence electrons. The number of rotatable bonds is 2. The maximum Gasteiger partial charge on any atom is 0.417 e. The van der Waals surface area contributed by atoms with Gasteiger partial charge >= 0.3 is 12.4 Å². The number of alkyl halides is 6. The lowest BCUT2D eigenvalue weighted by Gasteiger charge is -2.19. The zero-order chi connectivity index (χ0) is 18.9. The van der Waals surface area contributed by atoms with Gasteiger partial charge in [0.05, 0.1) is 11.1 Å². The first-order chi connectivity index (χ1) is 12.2. The molecule has 0 amide bonds. The van der Waals surface area contributed by atoms with Crippen LogP contribution in [0.2, 0.25) is 0 Å². The summed E-state index contributed by atoms with van der Waals surface area (Å²) in [6.07, 6.45) is -9.79. The van der Waals surface area contributed by atoms with E-state index in [-0.39, 0.29) is 5.56 Å². The highest BCUT2D eigenvalue weighted by Crippen LogP contribution is 2.44. The van der Waals surface area contributed by atoms with E-state index in [1.54, 1.807) is 24.3 Å². The van der Waals surface area contributed by atoms with E-state index in [2.05, 4.69) is 0 Å². The van der Waals surface area contributed by atoms with Gasteiger partial charge < -0.3 is 0 Å². The molecule has 6 heteroatoms. The quantitative estimate of drug-likeness (QED) is 0.426. The van der Waals surface area contributed by atoms with Crippen LogP contribution in [0.3, 0.4) is 0 Å². The molecule has 0 N–H and O–H groups in total. The Hall–Kier alpha value is -2.76. The lowest BCUT2D eigenvalue weighted by Crippen LogP contribution is -2.14. The van der Waals surface area contributed by atoms with Crippen LogP contribution in [0.4, 0.5) is 26.3 Å². The Morgan fingerprint density at radius 1 is 0.423 bits per heavy atom. The molecule has 0 radical (unpaired) electrons. The SMILES string of the molecule is FC(F)(F)c1cccc(C(F)(F)F)c1-c1ccc(-c2ccccc2)cc1. The molecule has 0 aliphatic heterocycles. The molecule has 0 unspecified atom stereocenters. The molecule has 0 aliphatic carbocycles. The van der Waals surface area contributed by atoms with Crippen molar-refractivity contribution in [1.82, 2.24) is 0 Å². The first kappa shape index (κ1) is 18.0. The van der Waals surface area contributed by atoms with Crippen molar-refractivity contribution in [3.63, 3.8) is 0 Å². The summed E-state index contributed by atoms with van der Waals surface area (Å²) in [4.78, 5) is 0. The lowest BCUT2D eigenvalue weighted by molar-refractivity contribution is -0.142. The van der Waals surface area contributed by atoms with Crippen LogP contribution in [0.1, 0.15) is 11.1 Å². The van der Waals surface area contributed by atoms with Gasteiger partial charge in [-0.1, -0.05) is 60.7 Å². The number of benzene rings is 3. The summed E-state index contributed by atoms with van der Waals surface area (Å²) in [6, 6.07) is 16.7. The van der Waals surface area contributed by atoms with Crippen molar-refractivity contribution in [3.05, 3.63) is 83.9 Å². The van der Waals surface area contributed by atoms with Crippen LogP contribution in [0.25, 0.3) is 22.3 Å². The fraction of sp³-hybridized carbons (Fsp3) is 0.100. The molecule has 0 atom stereocenters. The summed E-state index contributed by atoms with van der Waals surface area (Å²) in [5, 5.41) is 0. The summed E-state index contributed by atoms with van der Waals surface area (Å²) in [5.74, 6) is 0. The third-order valence-corrected chi connectivity index (χ3v) is 3.96. The van der Waals surface area contributed by atoms with Gasteiger partial charge in [0.2, 0.25) is 0 Å². The Labute approximate surface area is 145 Å². The standard InChI is InChI=1S/C20H12F6/c21-19(22,23)16-7-4-8-17(20(24,25)26)18(16)15-11-9-14(10-12-15)13-5-2-1-3-6-13/h1-12H. The van der Waals surface area contributed by atoms with Crippen LogP contribution in [0.15, 0.2) is 72.8 Å². The maximum absolute atomic E-state index is 13.3. The first-order valence-electron chi connectivity index (χ1n) is 7.61. The van der Waals surface area contributed by atoms with Crippen molar-refractivity contribution in [1.29, 1.82) is 0 Å². The average molecular weight is 366 g/mol. The molecule has 26 heavy (non-hydrogen) atoms. The van der Waals surface area contributed by atoms with Crippen LogP contribution in [-0.2, 0) is 12.4 Å². The zero-order valence-corrected chi connectivity index (χ0v) is 13.2. The molecule has 0 bridgehead atoms. The summed E-state index contributed by atoms with van der Waals surface area (Å²) >= 11 is 0. The van der Waals surface area contributed by atoms with E-state index in [9.17, 15) is 26.3 Å². The van der Waals surface area contributed by atoms with Crippen LogP contribution < -0.4 is 0 Å². The summed E-state index contributed by atoms with van der Waals surface area (Å²) in [6.45, 7) is 0. The molecule has 0 nitrogen and oxygen atoms in total. The van der Waals surface area contributed by atoms with Crippen molar-refractivity contribution < 1.29 is 26.3 Å². The Bertz CT molecular complexity index is 858. The van der Waals surface area contributed by atoms with Gasteiger partial charge in [-0.25, -0.2) is 0 Å². The van der Waals surface area contributed by atoms with E-state index >= 15 is 0 Å². The second kappa shape index (κ2) is 6.52. The maximum atomic E-state index is 13.3. The molecule has 0 fully saturated rings. The van der Waals surface area contributed by atoms with E-state index in [1.165, 1.54) is 24.3 Å². The van der Waals surface area contributed by atoms with Crippen LogP contribution in [0.5, 0.6) is 0 Å². The Morgan fingerprint density at radius 3 is 1.31 bits per heavy atom. The van der Waals surface area contributed by atoms with Gasteiger partial charge in [0.25, 0.3) is 0 Å². The van der Waals surface area contributed by atoms with Crippen molar-refractivity contribution >= 4 is 0 Å². The van der Waals surface area contributed by atoms with E-state index < -0.39 is 29.0 Å². The molecule has 0 heterocycles. The highest BCUT2D eigenvalue weighted by atomic mass is 19.4. The summed E-state index contributed by atoms with van der Waals surface area (Å²) in [5.41, 5.74) is -2.08. The van der Waals surface area contributed by atoms with Crippen molar-refractivity contribution in [2.75, 3.05) is 0 Å². The number of hydrogen-bond donors (Lipinski definition) is 0. The van der Waals surface area contributed by atoms with Crippen molar-refractivity contribution in [3.8, 4) is 22.3 Å². The van der Waals surface area contributed by atoms with E-state index in [4.69, 9.17) is 0 Å². The van der Waals surface area contributed by atoms with Gasteiger partial charge in [0.15, 0.2) is 0 Å². The molecule has 0 aliphatic rings. The topological polar surface area (TPSA) is 0 Å². The molecule has 0 saturated carbocycles. The van der Waals surface area contributed by atoms with Gasteiger partial charge in [-0.2, -0.15) is 26.3 Å². The molecule has 3 aromatic carbocycles. The second-order valence-corrected chi connectivity index (χ2v) is 5.67. The second-order valence-electron chi connectivity index (χ2n) is 5.67. The zero-order valence-electron chi connectivity index (χ0n) is 13.2. The fourth-order valence-corrected chi connectivity index (χ4v) is 2.80. The molecular weight excluding hydrogens is 354 g/mol. The highest BCUT2D eigenvalue weighted by Gasteiger charge is 2.40. The predicted octanol–water partition coefficient (Wildman–Crippen LogP) is 7.06. The Morgan fingerprint density at radius 2 is 0.846 bits per heavy atom. The lowest BCUT2D eigenvalue weighted by atomic mass is 9.92. The normalized spacial score (nSPS) is 12.2. The Kier molecular flexibility index (Phi) is 4.52. The van der Waals surface area contributed by atoms with Crippen molar-refractivity contribution in [2.45, 2.75) is 12.4 Å². The Balaban J connectivity index is 2.17. The minimum atomic E-state index is -4.89. The minimum absolute atomic E-state index is 0.134. The van der Waals surface area contributed by atoms with Gasteiger partial charge in [-0.3, -0.25) is 0 Å². The minimum Gasteiger partial charge on any atom is -0.166 e. The molecule has 0 aromatic heterocycles. The van der Waals surface area contributed by atoms with Crippen LogP contribution in [-0.4, -0.2) is 0 Å². The monoisotopic (exact) mass is 366 g/mol. The first-order valence-corrected chi connectivity index (χ1v) is 7.61. The predicted molar refractivity (Wildman–Crippen MR) is 87.3 cm³/mol. The van der Waals surface area contributed by atoms with Crippen molar-refractivity contribution in [2.24, 2.45) is 0 Å². The summed E-state index contributed by atoms with van der Waals surface area (Å²) < 4.78 is 79.7. The van der Waals surface area contributed by atoms with Gasteiger partial charge in [0.1, 0.15) is 0 Å². The summed E-state index contributed by atoms with van der Waals surface area (Å²) in [7, 11) is 0. The fourth-order valence-electron chi connectivity index (χ4n) is 2.80.